The molecule has 1 aliphatic heterocycles. The highest BCUT2D eigenvalue weighted by molar-refractivity contribution is 6.01. The molecule has 22 heavy (non-hydrogen) atoms. The standard InChI is InChI=1S/C16H20N4O2/c1-2-12-6-3-4-10-20(12)15-9-8-14(18-19-15)17-16(21)13-7-5-11-22-13/h5,7-9,11-12H,2-4,6,10H2,1H3,(H,17,18,21). The van der Waals surface area contributed by atoms with Crippen molar-refractivity contribution in [2.75, 3.05) is 16.8 Å². The Morgan fingerprint density at radius 2 is 2.27 bits per heavy atom. The maximum absolute atomic E-state index is 11.9. The van der Waals surface area contributed by atoms with Crippen molar-refractivity contribution in [2.45, 2.75) is 38.6 Å². The van der Waals surface area contributed by atoms with Crippen LogP contribution in [0.5, 0.6) is 0 Å². The summed E-state index contributed by atoms with van der Waals surface area (Å²) in [6.45, 7) is 3.22. The lowest BCUT2D eigenvalue weighted by Crippen LogP contribution is -2.39. The number of anilines is 2. The zero-order valence-corrected chi connectivity index (χ0v) is 12.7. The molecule has 0 aliphatic carbocycles. The summed E-state index contributed by atoms with van der Waals surface area (Å²) in [4.78, 5) is 14.2. The van der Waals surface area contributed by atoms with Crippen molar-refractivity contribution < 1.29 is 9.21 Å². The van der Waals surface area contributed by atoms with Gasteiger partial charge in [0.25, 0.3) is 5.91 Å². The lowest BCUT2D eigenvalue weighted by Gasteiger charge is -2.35. The van der Waals surface area contributed by atoms with Crippen LogP contribution in [0.1, 0.15) is 43.2 Å². The summed E-state index contributed by atoms with van der Waals surface area (Å²) in [6.07, 6.45) is 6.24. The first kappa shape index (κ1) is 14.6. The molecule has 3 rings (SSSR count). The molecule has 3 heterocycles. The molecule has 0 radical (unpaired) electrons. The van der Waals surface area contributed by atoms with Crippen molar-refractivity contribution in [3.63, 3.8) is 0 Å². The number of aromatic nitrogens is 2. The summed E-state index contributed by atoms with van der Waals surface area (Å²) in [7, 11) is 0. The first-order valence-corrected chi connectivity index (χ1v) is 7.73. The van der Waals surface area contributed by atoms with Gasteiger partial charge in [0.05, 0.1) is 6.26 Å². The molecule has 1 N–H and O–H groups in total. The van der Waals surface area contributed by atoms with Crippen LogP contribution in [0.15, 0.2) is 34.9 Å². The molecular weight excluding hydrogens is 280 g/mol. The minimum Gasteiger partial charge on any atom is -0.459 e. The lowest BCUT2D eigenvalue weighted by atomic mass is 10.0. The minimum absolute atomic E-state index is 0.257. The number of nitrogens with one attached hydrogen (secondary N) is 1. The second kappa shape index (κ2) is 6.60. The number of carbonyl (C=O) groups is 1. The van der Waals surface area contributed by atoms with E-state index < -0.39 is 0 Å². The summed E-state index contributed by atoms with van der Waals surface area (Å²) in [6, 6.07) is 7.51. The Morgan fingerprint density at radius 3 is 2.95 bits per heavy atom. The van der Waals surface area contributed by atoms with Crippen molar-refractivity contribution in [1.82, 2.24) is 10.2 Å². The molecule has 2 aromatic rings. The van der Waals surface area contributed by atoms with Gasteiger partial charge in [-0.1, -0.05) is 6.92 Å². The molecule has 2 aromatic heterocycles. The topological polar surface area (TPSA) is 71.3 Å². The molecule has 0 bridgehead atoms. The van der Waals surface area contributed by atoms with Gasteiger partial charge < -0.3 is 14.6 Å². The zero-order chi connectivity index (χ0) is 15.4. The van der Waals surface area contributed by atoms with E-state index in [-0.39, 0.29) is 11.7 Å². The number of carbonyl (C=O) groups excluding carboxylic acids is 1. The molecule has 1 atom stereocenters. The molecule has 6 nitrogen and oxygen atoms in total. The fourth-order valence-electron chi connectivity index (χ4n) is 2.86. The van der Waals surface area contributed by atoms with E-state index in [1.54, 1.807) is 18.2 Å². The largest absolute Gasteiger partial charge is 0.459 e. The minimum atomic E-state index is -0.323. The second-order valence-corrected chi connectivity index (χ2v) is 5.46. The van der Waals surface area contributed by atoms with Crippen LogP contribution in [0.2, 0.25) is 0 Å². The number of piperidine rings is 1. The Hall–Kier alpha value is -2.37. The van der Waals surface area contributed by atoms with Gasteiger partial charge in [-0.05, 0) is 49.9 Å². The van der Waals surface area contributed by atoms with Crippen LogP contribution in [0.4, 0.5) is 11.6 Å². The second-order valence-electron chi connectivity index (χ2n) is 5.46. The van der Waals surface area contributed by atoms with Gasteiger partial charge >= 0.3 is 0 Å². The molecule has 6 heteroatoms. The van der Waals surface area contributed by atoms with Crippen molar-refractivity contribution >= 4 is 17.5 Å². The molecule has 0 saturated carbocycles. The van der Waals surface area contributed by atoms with Gasteiger partial charge in [0, 0.05) is 12.6 Å². The van der Waals surface area contributed by atoms with Gasteiger partial charge in [-0.3, -0.25) is 4.79 Å². The first-order valence-electron chi connectivity index (χ1n) is 7.73. The Bertz CT molecular complexity index is 610. The highest BCUT2D eigenvalue weighted by Gasteiger charge is 2.22. The third kappa shape index (κ3) is 3.10. The van der Waals surface area contributed by atoms with E-state index in [2.05, 4.69) is 27.3 Å². The van der Waals surface area contributed by atoms with Crippen LogP contribution in [-0.2, 0) is 0 Å². The van der Waals surface area contributed by atoms with E-state index in [4.69, 9.17) is 4.42 Å². The molecule has 1 unspecified atom stereocenters. The van der Waals surface area contributed by atoms with Crippen LogP contribution in [0.25, 0.3) is 0 Å². The molecule has 1 saturated heterocycles. The maximum atomic E-state index is 11.9. The SMILES string of the molecule is CCC1CCCCN1c1ccc(NC(=O)c2ccco2)nn1. The number of furan rings is 1. The lowest BCUT2D eigenvalue weighted by molar-refractivity contribution is 0.0996. The van der Waals surface area contributed by atoms with Crippen LogP contribution < -0.4 is 10.2 Å². The summed E-state index contributed by atoms with van der Waals surface area (Å²) in [5, 5.41) is 11.0. The summed E-state index contributed by atoms with van der Waals surface area (Å²) < 4.78 is 5.05. The van der Waals surface area contributed by atoms with Crippen molar-refractivity contribution in [1.29, 1.82) is 0 Å². The maximum Gasteiger partial charge on any atom is 0.292 e. The number of amides is 1. The zero-order valence-electron chi connectivity index (χ0n) is 12.7. The molecule has 1 aliphatic rings. The van der Waals surface area contributed by atoms with Crippen LogP contribution in [-0.4, -0.2) is 28.7 Å². The number of hydrogen-bond donors (Lipinski definition) is 1. The Balaban J connectivity index is 1.68. The number of nitrogens with zero attached hydrogens (tertiary/aromatic N) is 3. The monoisotopic (exact) mass is 300 g/mol. The molecule has 0 aromatic carbocycles. The van der Waals surface area contributed by atoms with Gasteiger partial charge in [-0.25, -0.2) is 0 Å². The van der Waals surface area contributed by atoms with E-state index in [0.717, 1.165) is 18.8 Å². The Morgan fingerprint density at radius 1 is 1.36 bits per heavy atom. The Kier molecular flexibility index (Phi) is 4.37. The molecule has 0 spiro atoms. The number of hydrogen-bond acceptors (Lipinski definition) is 5. The highest BCUT2D eigenvalue weighted by Crippen LogP contribution is 2.24. The molecular formula is C16H20N4O2. The molecule has 116 valence electrons. The first-order chi connectivity index (χ1) is 10.8. The van der Waals surface area contributed by atoms with Gasteiger partial charge in [0.1, 0.15) is 0 Å². The summed E-state index contributed by atoms with van der Waals surface area (Å²) in [5.41, 5.74) is 0. The van der Waals surface area contributed by atoms with Crippen LogP contribution >= 0.6 is 0 Å². The van der Waals surface area contributed by atoms with Gasteiger partial charge in [-0.2, -0.15) is 0 Å². The third-order valence-electron chi connectivity index (χ3n) is 4.03. The fourth-order valence-corrected chi connectivity index (χ4v) is 2.86. The van der Waals surface area contributed by atoms with E-state index >= 15 is 0 Å². The summed E-state index contributed by atoms with van der Waals surface area (Å²) in [5.74, 6) is 1.24. The van der Waals surface area contributed by atoms with Crippen molar-refractivity contribution in [2.24, 2.45) is 0 Å². The fraction of sp³-hybridized carbons (Fsp3) is 0.438. The Labute approximate surface area is 129 Å². The van der Waals surface area contributed by atoms with Gasteiger partial charge in [0.15, 0.2) is 17.4 Å². The predicted octanol–water partition coefficient (Wildman–Crippen LogP) is 3.09. The van der Waals surface area contributed by atoms with Crippen LogP contribution in [0.3, 0.4) is 0 Å². The predicted molar refractivity (Wildman–Crippen MR) is 84.0 cm³/mol. The third-order valence-corrected chi connectivity index (χ3v) is 4.03. The average Bonchev–Trinajstić information content (AvgIpc) is 3.10. The molecule has 1 amide bonds. The average molecular weight is 300 g/mol. The quantitative estimate of drug-likeness (QED) is 0.939. The smallest absolute Gasteiger partial charge is 0.292 e. The van der Waals surface area contributed by atoms with Crippen molar-refractivity contribution in [3.8, 4) is 0 Å². The highest BCUT2D eigenvalue weighted by atomic mass is 16.3. The van der Waals surface area contributed by atoms with E-state index in [0.29, 0.717) is 11.9 Å². The van der Waals surface area contributed by atoms with Crippen LogP contribution in [0, 0.1) is 0 Å². The van der Waals surface area contributed by atoms with E-state index in [1.165, 1.54) is 25.5 Å². The van der Waals surface area contributed by atoms with E-state index in [9.17, 15) is 4.79 Å². The van der Waals surface area contributed by atoms with Gasteiger partial charge in [0.2, 0.25) is 0 Å². The molecule has 1 fully saturated rings. The summed E-state index contributed by atoms with van der Waals surface area (Å²) >= 11 is 0. The normalized spacial score (nSPS) is 18.2. The van der Waals surface area contributed by atoms with Crippen molar-refractivity contribution in [3.05, 3.63) is 36.3 Å². The van der Waals surface area contributed by atoms with Gasteiger partial charge in [-0.15, -0.1) is 10.2 Å². The number of rotatable bonds is 4. The van der Waals surface area contributed by atoms with E-state index in [1.807, 2.05) is 6.07 Å².